The standard InChI is InChI=1S/C17H27NO/c1-13(2)12-19-16-9-7-15(8-10-16)17(11-18)14-5-3-4-6-14/h7-10,13-14,17H,3-6,11-12,18H2,1-2H3. The van der Waals surface area contributed by atoms with Gasteiger partial charge in [-0.2, -0.15) is 0 Å². The summed E-state index contributed by atoms with van der Waals surface area (Å²) in [7, 11) is 0. The Morgan fingerprint density at radius 3 is 2.32 bits per heavy atom. The van der Waals surface area contributed by atoms with Gasteiger partial charge in [0, 0.05) is 0 Å². The molecule has 1 saturated carbocycles. The zero-order valence-corrected chi connectivity index (χ0v) is 12.3. The van der Waals surface area contributed by atoms with Gasteiger partial charge >= 0.3 is 0 Å². The molecular formula is C17H27NO. The molecule has 0 aromatic heterocycles. The number of hydrogen-bond donors (Lipinski definition) is 1. The smallest absolute Gasteiger partial charge is 0.119 e. The predicted octanol–water partition coefficient (Wildman–Crippen LogP) is 3.95. The largest absolute Gasteiger partial charge is 0.493 e. The van der Waals surface area contributed by atoms with E-state index in [2.05, 4.69) is 38.1 Å². The molecular weight excluding hydrogens is 234 g/mol. The Bertz CT molecular complexity index is 365. The summed E-state index contributed by atoms with van der Waals surface area (Å²) in [4.78, 5) is 0. The quantitative estimate of drug-likeness (QED) is 0.841. The van der Waals surface area contributed by atoms with E-state index >= 15 is 0 Å². The van der Waals surface area contributed by atoms with Gasteiger partial charge in [-0.1, -0.05) is 38.8 Å². The molecule has 2 N–H and O–H groups in total. The van der Waals surface area contributed by atoms with Crippen molar-refractivity contribution in [1.82, 2.24) is 0 Å². The van der Waals surface area contributed by atoms with Crippen LogP contribution in [-0.2, 0) is 0 Å². The number of nitrogens with two attached hydrogens (primary N) is 1. The van der Waals surface area contributed by atoms with Crippen LogP contribution >= 0.6 is 0 Å². The van der Waals surface area contributed by atoms with E-state index < -0.39 is 0 Å². The number of ether oxygens (including phenoxy) is 1. The molecule has 1 aromatic rings. The van der Waals surface area contributed by atoms with E-state index in [9.17, 15) is 0 Å². The van der Waals surface area contributed by atoms with Gasteiger partial charge in [-0.05, 0) is 54.8 Å². The van der Waals surface area contributed by atoms with Gasteiger partial charge in [0.05, 0.1) is 6.61 Å². The van der Waals surface area contributed by atoms with E-state index in [4.69, 9.17) is 10.5 Å². The number of hydrogen-bond acceptors (Lipinski definition) is 2. The SMILES string of the molecule is CC(C)COc1ccc(C(CN)C2CCCC2)cc1. The average Bonchev–Trinajstić information content (AvgIpc) is 2.92. The Morgan fingerprint density at radius 1 is 1.16 bits per heavy atom. The molecule has 0 spiro atoms. The zero-order valence-electron chi connectivity index (χ0n) is 12.3. The lowest BCUT2D eigenvalue weighted by molar-refractivity contribution is 0.271. The normalized spacial score (nSPS) is 17.9. The maximum Gasteiger partial charge on any atom is 0.119 e. The van der Waals surface area contributed by atoms with Gasteiger partial charge in [-0.3, -0.25) is 0 Å². The van der Waals surface area contributed by atoms with Crippen molar-refractivity contribution in [1.29, 1.82) is 0 Å². The minimum absolute atomic E-state index is 0.529. The van der Waals surface area contributed by atoms with Crippen LogP contribution in [-0.4, -0.2) is 13.2 Å². The van der Waals surface area contributed by atoms with E-state index in [0.717, 1.165) is 24.8 Å². The van der Waals surface area contributed by atoms with Crippen LogP contribution < -0.4 is 10.5 Å². The molecule has 1 unspecified atom stereocenters. The van der Waals surface area contributed by atoms with Crippen molar-refractivity contribution < 1.29 is 4.74 Å². The van der Waals surface area contributed by atoms with Gasteiger partial charge in [0.2, 0.25) is 0 Å². The maximum atomic E-state index is 5.99. The summed E-state index contributed by atoms with van der Waals surface area (Å²) in [5.74, 6) is 2.85. The zero-order chi connectivity index (χ0) is 13.7. The van der Waals surface area contributed by atoms with Gasteiger partial charge in [0.1, 0.15) is 5.75 Å². The Labute approximate surface area is 117 Å². The summed E-state index contributed by atoms with van der Waals surface area (Å²) in [5.41, 5.74) is 7.37. The molecule has 1 aliphatic rings. The molecule has 2 nitrogen and oxygen atoms in total. The van der Waals surface area contributed by atoms with Gasteiger partial charge in [0.25, 0.3) is 0 Å². The van der Waals surface area contributed by atoms with Crippen molar-refractivity contribution in [2.75, 3.05) is 13.2 Å². The fourth-order valence-corrected chi connectivity index (χ4v) is 3.03. The van der Waals surface area contributed by atoms with Crippen LogP contribution in [0.25, 0.3) is 0 Å². The van der Waals surface area contributed by atoms with Crippen LogP contribution in [0.5, 0.6) is 5.75 Å². The fraction of sp³-hybridized carbons (Fsp3) is 0.647. The molecule has 1 fully saturated rings. The van der Waals surface area contributed by atoms with Crippen LogP contribution in [0.2, 0.25) is 0 Å². The Morgan fingerprint density at radius 2 is 1.79 bits per heavy atom. The molecule has 0 radical (unpaired) electrons. The molecule has 19 heavy (non-hydrogen) atoms. The predicted molar refractivity (Wildman–Crippen MR) is 80.5 cm³/mol. The molecule has 1 atom stereocenters. The third-order valence-electron chi connectivity index (χ3n) is 4.11. The maximum absolute atomic E-state index is 5.99. The third kappa shape index (κ3) is 3.97. The van der Waals surface area contributed by atoms with E-state index in [1.807, 2.05) is 0 Å². The molecule has 106 valence electrons. The third-order valence-corrected chi connectivity index (χ3v) is 4.11. The van der Waals surface area contributed by atoms with Crippen molar-refractivity contribution in [3.8, 4) is 5.75 Å². The van der Waals surface area contributed by atoms with Crippen LogP contribution in [0.1, 0.15) is 51.0 Å². The summed E-state index contributed by atoms with van der Waals surface area (Å²) in [6.07, 6.45) is 5.43. The van der Waals surface area contributed by atoms with Crippen molar-refractivity contribution >= 4 is 0 Å². The highest BCUT2D eigenvalue weighted by atomic mass is 16.5. The first kappa shape index (κ1) is 14.4. The lowest BCUT2D eigenvalue weighted by Crippen LogP contribution is -2.19. The topological polar surface area (TPSA) is 35.2 Å². The second-order valence-electron chi connectivity index (χ2n) is 6.16. The van der Waals surface area contributed by atoms with E-state index in [1.165, 1.54) is 31.2 Å². The highest BCUT2D eigenvalue weighted by Gasteiger charge is 2.25. The first-order valence-corrected chi connectivity index (χ1v) is 7.63. The molecule has 0 amide bonds. The van der Waals surface area contributed by atoms with Crippen LogP contribution in [0, 0.1) is 11.8 Å². The molecule has 0 aliphatic heterocycles. The fourth-order valence-electron chi connectivity index (χ4n) is 3.03. The van der Waals surface area contributed by atoms with Gasteiger partial charge < -0.3 is 10.5 Å². The number of rotatable bonds is 6. The monoisotopic (exact) mass is 261 g/mol. The lowest BCUT2D eigenvalue weighted by Gasteiger charge is -2.22. The average molecular weight is 261 g/mol. The summed E-state index contributed by atoms with van der Waals surface area (Å²) in [6.45, 7) is 5.87. The van der Waals surface area contributed by atoms with Gasteiger partial charge in [-0.25, -0.2) is 0 Å². The highest BCUT2D eigenvalue weighted by molar-refractivity contribution is 5.30. The summed E-state index contributed by atoms with van der Waals surface area (Å²) >= 11 is 0. The second kappa shape index (κ2) is 6.95. The van der Waals surface area contributed by atoms with Crippen LogP contribution in [0.15, 0.2) is 24.3 Å². The second-order valence-corrected chi connectivity index (χ2v) is 6.16. The van der Waals surface area contributed by atoms with E-state index in [1.54, 1.807) is 0 Å². The minimum Gasteiger partial charge on any atom is -0.493 e. The molecule has 1 aromatic carbocycles. The van der Waals surface area contributed by atoms with E-state index in [0.29, 0.717) is 11.8 Å². The van der Waals surface area contributed by atoms with E-state index in [-0.39, 0.29) is 0 Å². The minimum atomic E-state index is 0.529. The van der Waals surface area contributed by atoms with Gasteiger partial charge in [0.15, 0.2) is 0 Å². The molecule has 1 aliphatic carbocycles. The Hall–Kier alpha value is -1.02. The lowest BCUT2D eigenvalue weighted by atomic mass is 9.85. The molecule has 0 saturated heterocycles. The highest BCUT2D eigenvalue weighted by Crippen LogP contribution is 2.37. The van der Waals surface area contributed by atoms with Crippen molar-refractivity contribution in [3.05, 3.63) is 29.8 Å². The first-order chi connectivity index (χ1) is 9.20. The molecule has 2 rings (SSSR count). The summed E-state index contributed by atoms with van der Waals surface area (Å²) in [5, 5.41) is 0. The molecule has 2 heteroatoms. The van der Waals surface area contributed by atoms with Crippen LogP contribution in [0.4, 0.5) is 0 Å². The molecule has 0 heterocycles. The first-order valence-electron chi connectivity index (χ1n) is 7.63. The van der Waals surface area contributed by atoms with Gasteiger partial charge in [-0.15, -0.1) is 0 Å². The summed E-state index contributed by atoms with van der Waals surface area (Å²) in [6, 6.07) is 8.58. The van der Waals surface area contributed by atoms with Crippen molar-refractivity contribution in [3.63, 3.8) is 0 Å². The van der Waals surface area contributed by atoms with Crippen molar-refractivity contribution in [2.45, 2.75) is 45.4 Å². The van der Waals surface area contributed by atoms with Crippen molar-refractivity contribution in [2.24, 2.45) is 17.6 Å². The number of benzene rings is 1. The Balaban J connectivity index is 1.99. The Kier molecular flexibility index (Phi) is 5.26. The summed E-state index contributed by atoms with van der Waals surface area (Å²) < 4.78 is 5.73. The van der Waals surface area contributed by atoms with Crippen LogP contribution in [0.3, 0.4) is 0 Å². The molecule has 0 bridgehead atoms.